The molecule has 1 aromatic carbocycles. The van der Waals surface area contributed by atoms with E-state index in [0.29, 0.717) is 11.5 Å². The number of carbonyl (C=O) groups is 2. The maximum atomic E-state index is 13.1. The molecule has 0 saturated heterocycles. The maximum Gasteiger partial charge on any atom is 0.307 e. The number of nitrogens with one attached hydrogen (secondary N) is 1. The Balaban J connectivity index is 1.81. The summed E-state index contributed by atoms with van der Waals surface area (Å²) < 4.78 is 19.3. The van der Waals surface area contributed by atoms with Crippen LogP contribution in [-0.2, 0) is 9.53 Å². The van der Waals surface area contributed by atoms with Crippen molar-refractivity contribution in [3.63, 3.8) is 0 Å². The van der Waals surface area contributed by atoms with Crippen LogP contribution in [0, 0.1) is 12.7 Å². The van der Waals surface area contributed by atoms with Gasteiger partial charge in [-0.2, -0.15) is 0 Å². The maximum absolute atomic E-state index is 13.1. The Morgan fingerprint density at radius 2 is 2.04 bits per heavy atom. The van der Waals surface area contributed by atoms with Crippen LogP contribution in [0.2, 0.25) is 0 Å². The van der Waals surface area contributed by atoms with Crippen LogP contribution >= 0.6 is 11.3 Å². The van der Waals surface area contributed by atoms with E-state index in [1.54, 1.807) is 19.1 Å². The van der Waals surface area contributed by atoms with Crippen molar-refractivity contribution < 1.29 is 18.7 Å². The second-order valence-electron chi connectivity index (χ2n) is 5.69. The van der Waals surface area contributed by atoms with Gasteiger partial charge in [0.05, 0.1) is 25.3 Å². The molecule has 3 aromatic rings. The molecule has 3 rings (SSSR count). The third-order valence-electron chi connectivity index (χ3n) is 3.83. The normalized spacial score (nSPS) is 11.8. The van der Waals surface area contributed by atoms with Crippen molar-refractivity contribution in [3.05, 3.63) is 64.1 Å². The summed E-state index contributed by atoms with van der Waals surface area (Å²) in [4.78, 5) is 29.3. The van der Waals surface area contributed by atoms with Crippen molar-refractivity contribution in [1.82, 2.24) is 20.1 Å². The molecule has 2 aromatic heterocycles. The highest BCUT2D eigenvalue weighted by atomic mass is 32.1. The van der Waals surface area contributed by atoms with E-state index in [4.69, 9.17) is 4.74 Å². The zero-order valence-electron chi connectivity index (χ0n) is 14.7. The first-order valence-corrected chi connectivity index (χ1v) is 8.96. The van der Waals surface area contributed by atoms with E-state index in [1.807, 2.05) is 17.5 Å². The molecule has 0 radical (unpaired) electrons. The minimum Gasteiger partial charge on any atom is -0.469 e. The van der Waals surface area contributed by atoms with Crippen molar-refractivity contribution in [1.29, 1.82) is 0 Å². The molecule has 0 aliphatic carbocycles. The molecule has 140 valence electrons. The molecule has 0 bridgehead atoms. The summed E-state index contributed by atoms with van der Waals surface area (Å²) in [6.45, 7) is 1.69. The lowest BCUT2D eigenvalue weighted by molar-refractivity contribution is -0.141. The Morgan fingerprint density at radius 3 is 2.67 bits per heavy atom. The molecule has 9 heteroatoms. The van der Waals surface area contributed by atoms with Gasteiger partial charge in [0.2, 0.25) is 5.82 Å². The van der Waals surface area contributed by atoms with Crippen molar-refractivity contribution >= 4 is 23.2 Å². The van der Waals surface area contributed by atoms with Gasteiger partial charge in [0.1, 0.15) is 11.6 Å². The molecule has 0 fully saturated rings. The molecule has 0 aliphatic rings. The lowest BCUT2D eigenvalue weighted by atomic mass is 10.1. The molecular formula is C18H17FN4O3S. The molecule has 1 atom stereocenters. The molecule has 0 saturated carbocycles. The number of hydrogen-bond acceptors (Lipinski definition) is 6. The van der Waals surface area contributed by atoms with E-state index in [2.05, 4.69) is 15.4 Å². The number of aryl methyl sites for hydroxylation is 1. The van der Waals surface area contributed by atoms with Gasteiger partial charge in [-0.15, -0.1) is 16.4 Å². The van der Waals surface area contributed by atoms with Crippen LogP contribution in [0.1, 0.15) is 33.8 Å². The minimum atomic E-state index is -0.539. The van der Waals surface area contributed by atoms with Crippen LogP contribution in [0.3, 0.4) is 0 Å². The van der Waals surface area contributed by atoms with Crippen LogP contribution in [-0.4, -0.2) is 33.8 Å². The van der Waals surface area contributed by atoms with Crippen molar-refractivity contribution in [3.8, 4) is 5.69 Å². The number of rotatable bonds is 6. The summed E-state index contributed by atoms with van der Waals surface area (Å²) in [6, 6.07) is 8.83. The first kappa shape index (κ1) is 18.7. The molecule has 2 heterocycles. The summed E-state index contributed by atoms with van der Waals surface area (Å²) in [5, 5.41) is 8.83. The van der Waals surface area contributed by atoms with Crippen LogP contribution in [0.25, 0.3) is 5.69 Å². The monoisotopic (exact) mass is 388 g/mol. The average Bonchev–Trinajstić information content (AvgIpc) is 3.31. The Bertz CT molecular complexity index is 938. The van der Waals surface area contributed by atoms with Gasteiger partial charge in [-0.05, 0) is 42.6 Å². The molecule has 1 amide bonds. The van der Waals surface area contributed by atoms with E-state index in [1.165, 1.54) is 35.3 Å². The second-order valence-corrected chi connectivity index (χ2v) is 6.67. The van der Waals surface area contributed by atoms with Gasteiger partial charge in [0.15, 0.2) is 0 Å². The number of carbonyl (C=O) groups excluding carboxylic acids is 2. The Hall–Kier alpha value is -3.07. The van der Waals surface area contributed by atoms with Crippen LogP contribution < -0.4 is 5.32 Å². The zero-order chi connectivity index (χ0) is 19.4. The lowest BCUT2D eigenvalue weighted by Crippen LogP contribution is -2.30. The molecule has 0 spiro atoms. The average molecular weight is 388 g/mol. The van der Waals surface area contributed by atoms with E-state index < -0.39 is 17.9 Å². The predicted molar refractivity (Wildman–Crippen MR) is 97.2 cm³/mol. The summed E-state index contributed by atoms with van der Waals surface area (Å²) in [5.74, 6) is -0.873. The van der Waals surface area contributed by atoms with Crippen molar-refractivity contribution in [2.24, 2.45) is 0 Å². The summed E-state index contributed by atoms with van der Waals surface area (Å²) in [5.41, 5.74) is 0.588. The standard InChI is InChI=1S/C18H17FN4O3S/c1-11-20-17(22-23(11)13-7-5-12(19)6-8-13)18(25)21-14(10-16(24)26-2)15-4-3-9-27-15/h3-9,14H,10H2,1-2H3,(H,21,25)/t14-/m1/s1. The fourth-order valence-electron chi connectivity index (χ4n) is 2.50. The second kappa shape index (κ2) is 8.09. The third kappa shape index (κ3) is 4.37. The number of methoxy groups -OCH3 is 1. The number of hydrogen-bond donors (Lipinski definition) is 1. The van der Waals surface area contributed by atoms with Gasteiger partial charge in [-0.3, -0.25) is 9.59 Å². The first-order valence-electron chi connectivity index (χ1n) is 8.08. The van der Waals surface area contributed by atoms with Gasteiger partial charge in [0, 0.05) is 4.88 Å². The van der Waals surface area contributed by atoms with Crippen LogP contribution in [0.4, 0.5) is 4.39 Å². The molecule has 0 unspecified atom stereocenters. The summed E-state index contributed by atoms with van der Waals surface area (Å²) in [7, 11) is 1.30. The number of nitrogens with zero attached hydrogens (tertiary/aromatic N) is 3. The Labute approximate surface area is 158 Å². The highest BCUT2D eigenvalue weighted by Crippen LogP contribution is 2.23. The van der Waals surface area contributed by atoms with Gasteiger partial charge in [0.25, 0.3) is 5.91 Å². The number of amides is 1. The van der Waals surface area contributed by atoms with Gasteiger partial charge < -0.3 is 10.1 Å². The fraction of sp³-hybridized carbons (Fsp3) is 0.222. The number of halogens is 1. The lowest BCUT2D eigenvalue weighted by Gasteiger charge is -2.15. The predicted octanol–water partition coefficient (Wildman–Crippen LogP) is 2.81. The largest absolute Gasteiger partial charge is 0.469 e. The van der Waals surface area contributed by atoms with E-state index in [9.17, 15) is 14.0 Å². The highest BCUT2D eigenvalue weighted by Gasteiger charge is 2.23. The number of thiophene rings is 1. The quantitative estimate of drug-likeness (QED) is 0.656. The third-order valence-corrected chi connectivity index (χ3v) is 4.82. The summed E-state index contributed by atoms with van der Waals surface area (Å²) in [6.07, 6.45) is 0.000403. The molecule has 27 heavy (non-hydrogen) atoms. The van der Waals surface area contributed by atoms with E-state index >= 15 is 0 Å². The summed E-state index contributed by atoms with van der Waals surface area (Å²) >= 11 is 1.42. The highest BCUT2D eigenvalue weighted by molar-refractivity contribution is 7.10. The number of ether oxygens (including phenoxy) is 1. The molecular weight excluding hydrogens is 371 g/mol. The molecule has 0 aliphatic heterocycles. The van der Waals surface area contributed by atoms with E-state index in [0.717, 1.165) is 4.88 Å². The van der Waals surface area contributed by atoms with Crippen molar-refractivity contribution in [2.75, 3.05) is 7.11 Å². The van der Waals surface area contributed by atoms with Gasteiger partial charge in [-0.1, -0.05) is 6.07 Å². The first-order chi connectivity index (χ1) is 13.0. The van der Waals surface area contributed by atoms with Crippen molar-refractivity contribution in [2.45, 2.75) is 19.4 Å². The fourth-order valence-corrected chi connectivity index (χ4v) is 3.28. The van der Waals surface area contributed by atoms with Crippen LogP contribution in [0.5, 0.6) is 0 Å². The van der Waals surface area contributed by atoms with E-state index in [-0.39, 0.29) is 18.1 Å². The zero-order valence-corrected chi connectivity index (χ0v) is 15.5. The molecule has 7 nitrogen and oxygen atoms in total. The molecule has 1 N–H and O–H groups in total. The van der Waals surface area contributed by atoms with Crippen LogP contribution in [0.15, 0.2) is 41.8 Å². The Morgan fingerprint density at radius 1 is 1.30 bits per heavy atom. The van der Waals surface area contributed by atoms with Gasteiger partial charge >= 0.3 is 5.97 Å². The Kier molecular flexibility index (Phi) is 5.60. The minimum absolute atomic E-state index is 0.000403. The topological polar surface area (TPSA) is 86.1 Å². The number of benzene rings is 1. The smallest absolute Gasteiger partial charge is 0.307 e. The van der Waals surface area contributed by atoms with Gasteiger partial charge in [-0.25, -0.2) is 14.1 Å². The number of aromatic nitrogens is 3. The SMILES string of the molecule is COC(=O)C[C@@H](NC(=O)c1nc(C)n(-c2ccc(F)cc2)n1)c1cccs1. The number of esters is 1.